The van der Waals surface area contributed by atoms with Crippen molar-refractivity contribution < 1.29 is 4.42 Å². The summed E-state index contributed by atoms with van der Waals surface area (Å²) in [5, 5.41) is 8.89. The van der Waals surface area contributed by atoms with Gasteiger partial charge in [0.1, 0.15) is 11.3 Å². The molecule has 2 aliphatic carbocycles. The molecular formula is C49H38O. The van der Waals surface area contributed by atoms with Crippen LogP contribution in [0.2, 0.25) is 0 Å². The third kappa shape index (κ3) is 4.07. The lowest BCUT2D eigenvalue weighted by Crippen LogP contribution is -2.15. The van der Waals surface area contributed by atoms with Gasteiger partial charge in [-0.25, -0.2) is 0 Å². The molecule has 0 radical (unpaired) electrons. The van der Waals surface area contributed by atoms with Crippen LogP contribution in [-0.4, -0.2) is 0 Å². The van der Waals surface area contributed by atoms with E-state index in [9.17, 15) is 0 Å². The summed E-state index contributed by atoms with van der Waals surface area (Å²) in [4.78, 5) is 0. The maximum Gasteiger partial charge on any atom is 0.135 e. The highest BCUT2D eigenvalue weighted by Gasteiger charge is 2.37. The van der Waals surface area contributed by atoms with Crippen molar-refractivity contribution in [3.05, 3.63) is 155 Å². The van der Waals surface area contributed by atoms with Gasteiger partial charge in [-0.1, -0.05) is 129 Å². The average Bonchev–Trinajstić information content (AvgIpc) is 3.57. The Balaban J connectivity index is 1.20. The molecule has 0 N–H and O–H groups in total. The van der Waals surface area contributed by atoms with Crippen LogP contribution in [0.4, 0.5) is 0 Å². The van der Waals surface area contributed by atoms with Gasteiger partial charge in [0, 0.05) is 16.4 Å². The van der Waals surface area contributed by atoms with Gasteiger partial charge in [-0.3, -0.25) is 0 Å². The third-order valence-electron chi connectivity index (χ3n) is 11.6. The fourth-order valence-corrected chi connectivity index (χ4v) is 9.16. The summed E-state index contributed by atoms with van der Waals surface area (Å²) < 4.78 is 6.33. The second-order valence-electron chi connectivity index (χ2n) is 14.7. The van der Waals surface area contributed by atoms with E-state index < -0.39 is 0 Å². The van der Waals surface area contributed by atoms with Gasteiger partial charge in [-0.05, 0) is 133 Å². The fraction of sp³-hybridized carbons (Fsp3) is 0.143. The summed E-state index contributed by atoms with van der Waals surface area (Å²) in [6.45, 7) is 8.90. The van der Waals surface area contributed by atoms with Gasteiger partial charge in [0.05, 0.1) is 0 Å². The van der Waals surface area contributed by atoms with Crippen LogP contribution in [0, 0.1) is 6.92 Å². The largest absolute Gasteiger partial charge is 0.461 e. The molecule has 2 aliphatic rings. The van der Waals surface area contributed by atoms with Crippen molar-refractivity contribution >= 4 is 55.4 Å². The van der Waals surface area contributed by atoms with E-state index in [1.54, 1.807) is 0 Å². The lowest BCUT2D eigenvalue weighted by atomic mass is 9.80. The summed E-state index contributed by atoms with van der Waals surface area (Å²) >= 11 is 0. The van der Waals surface area contributed by atoms with Crippen LogP contribution < -0.4 is 0 Å². The topological polar surface area (TPSA) is 13.1 Å². The lowest BCUT2D eigenvalue weighted by Gasteiger charge is -2.23. The molecule has 0 fully saturated rings. The number of aryl methyl sites for hydroxylation is 2. The van der Waals surface area contributed by atoms with E-state index in [0.717, 1.165) is 24.2 Å². The molecule has 1 heterocycles. The van der Waals surface area contributed by atoms with E-state index in [0.29, 0.717) is 0 Å². The molecule has 0 spiro atoms. The Kier molecular flexibility index (Phi) is 6.25. The van der Waals surface area contributed by atoms with Crippen molar-refractivity contribution in [2.45, 2.75) is 46.0 Å². The van der Waals surface area contributed by atoms with Gasteiger partial charge in [0.15, 0.2) is 0 Å². The van der Waals surface area contributed by atoms with Gasteiger partial charge in [0.25, 0.3) is 0 Å². The molecule has 50 heavy (non-hydrogen) atoms. The molecule has 0 bridgehead atoms. The van der Waals surface area contributed by atoms with Crippen molar-refractivity contribution in [3.8, 4) is 33.4 Å². The van der Waals surface area contributed by atoms with E-state index in [1.807, 2.05) is 0 Å². The standard InChI is InChI=1S/C49H38O/c1-5-12-35-29(2)50-45-28-41-32(26-42(35)45)22-24-43-48(41)40-23-21-34(27-44(40)49(43,3)4)47-38-17-10-8-15-36(38)46(37-16-9-11-18-39(37)47)33-20-19-30-13-6-7-14-31(30)25-33/h5-6,8-13,15-28H,7,14H2,1-4H3/b12-5-. The quantitative estimate of drug-likeness (QED) is 0.175. The molecule has 1 heteroatoms. The van der Waals surface area contributed by atoms with Gasteiger partial charge >= 0.3 is 0 Å². The maximum atomic E-state index is 6.33. The fourth-order valence-electron chi connectivity index (χ4n) is 9.16. The zero-order valence-corrected chi connectivity index (χ0v) is 29.0. The summed E-state index contributed by atoms with van der Waals surface area (Å²) in [7, 11) is 0. The van der Waals surface area contributed by atoms with Crippen molar-refractivity contribution in [1.82, 2.24) is 0 Å². The number of furan rings is 1. The Morgan fingerprint density at radius 2 is 1.32 bits per heavy atom. The molecule has 1 nitrogen and oxygen atoms in total. The second kappa shape index (κ2) is 10.7. The molecule has 0 amide bonds. The Morgan fingerprint density at radius 3 is 2.02 bits per heavy atom. The Morgan fingerprint density at radius 1 is 0.640 bits per heavy atom. The molecule has 0 unspecified atom stereocenters. The van der Waals surface area contributed by atoms with Crippen molar-refractivity contribution in [1.29, 1.82) is 0 Å². The summed E-state index contributed by atoms with van der Waals surface area (Å²) in [6, 6.07) is 41.6. The maximum absolute atomic E-state index is 6.33. The molecule has 1 aromatic heterocycles. The molecule has 0 saturated carbocycles. The van der Waals surface area contributed by atoms with Gasteiger partial charge in [-0.2, -0.15) is 0 Å². The minimum Gasteiger partial charge on any atom is -0.461 e. The summed E-state index contributed by atoms with van der Waals surface area (Å²) in [5.74, 6) is 0.963. The SMILES string of the molecule is C/C=C\c1c(C)oc2cc3c4c(ccc3cc12)C(C)(C)c1cc(-c2c3ccccc3c(-c3ccc5c(c3)CCC=C5)c3ccccc23)ccc1-4. The molecular weight excluding hydrogens is 605 g/mol. The lowest BCUT2D eigenvalue weighted by molar-refractivity contribution is 0.578. The van der Waals surface area contributed by atoms with Crippen LogP contribution in [0.3, 0.4) is 0 Å². The van der Waals surface area contributed by atoms with E-state index >= 15 is 0 Å². The highest BCUT2D eigenvalue weighted by Crippen LogP contribution is 2.54. The van der Waals surface area contributed by atoms with Crippen LogP contribution in [-0.2, 0) is 11.8 Å². The number of hydrogen-bond acceptors (Lipinski definition) is 1. The normalized spacial score (nSPS) is 14.6. The van der Waals surface area contributed by atoms with E-state index in [1.165, 1.54) is 98.9 Å². The van der Waals surface area contributed by atoms with Crippen molar-refractivity contribution in [2.75, 3.05) is 0 Å². The van der Waals surface area contributed by atoms with E-state index in [4.69, 9.17) is 4.42 Å². The minimum absolute atomic E-state index is 0.151. The first-order chi connectivity index (χ1) is 24.4. The predicted molar refractivity (Wildman–Crippen MR) is 214 cm³/mol. The van der Waals surface area contributed by atoms with Gasteiger partial charge in [0.2, 0.25) is 0 Å². The highest BCUT2D eigenvalue weighted by atomic mass is 16.3. The predicted octanol–water partition coefficient (Wildman–Crippen LogP) is 13.8. The molecule has 7 aromatic carbocycles. The van der Waals surface area contributed by atoms with Crippen LogP contribution in [0.25, 0.3) is 88.8 Å². The molecule has 0 atom stereocenters. The van der Waals surface area contributed by atoms with Crippen LogP contribution in [0.15, 0.2) is 126 Å². The van der Waals surface area contributed by atoms with Crippen molar-refractivity contribution in [2.24, 2.45) is 0 Å². The minimum atomic E-state index is -0.151. The summed E-state index contributed by atoms with van der Waals surface area (Å²) in [6.07, 6.45) is 11.0. The number of hydrogen-bond donors (Lipinski definition) is 0. The molecule has 0 aliphatic heterocycles. The first kappa shape index (κ1) is 29.3. The Labute approximate surface area is 293 Å². The number of fused-ring (bicyclic) bond motifs is 9. The summed E-state index contributed by atoms with van der Waals surface area (Å²) in [5.41, 5.74) is 15.4. The first-order valence-electron chi connectivity index (χ1n) is 17.9. The zero-order chi connectivity index (χ0) is 33.7. The van der Waals surface area contributed by atoms with Crippen LogP contribution in [0.5, 0.6) is 0 Å². The number of rotatable bonds is 3. The molecule has 10 rings (SSSR count). The van der Waals surface area contributed by atoms with E-state index in [2.05, 4.69) is 161 Å². The molecule has 8 aromatic rings. The van der Waals surface area contributed by atoms with Crippen LogP contribution >= 0.6 is 0 Å². The smallest absolute Gasteiger partial charge is 0.135 e. The first-order valence-corrected chi connectivity index (χ1v) is 17.9. The third-order valence-corrected chi connectivity index (χ3v) is 11.6. The zero-order valence-electron chi connectivity index (χ0n) is 29.0. The molecule has 240 valence electrons. The average molecular weight is 643 g/mol. The number of benzene rings is 7. The van der Waals surface area contributed by atoms with Gasteiger partial charge in [-0.15, -0.1) is 0 Å². The highest BCUT2D eigenvalue weighted by molar-refractivity contribution is 6.21. The Hall–Kier alpha value is -5.66. The monoisotopic (exact) mass is 642 g/mol. The van der Waals surface area contributed by atoms with Crippen molar-refractivity contribution in [3.63, 3.8) is 0 Å². The van der Waals surface area contributed by atoms with E-state index in [-0.39, 0.29) is 5.41 Å². The molecule has 0 saturated heterocycles. The number of allylic oxidation sites excluding steroid dienone is 2. The second-order valence-corrected chi connectivity index (χ2v) is 14.7. The van der Waals surface area contributed by atoms with Gasteiger partial charge < -0.3 is 4.42 Å². The van der Waals surface area contributed by atoms with Crippen LogP contribution in [0.1, 0.15) is 60.8 Å². The Bertz CT molecular complexity index is 2740.